The molecule has 0 unspecified atom stereocenters. The number of nitrogens with one attached hydrogen (secondary N) is 1. The van der Waals surface area contributed by atoms with Crippen molar-refractivity contribution < 1.29 is 4.74 Å². The lowest BCUT2D eigenvalue weighted by Gasteiger charge is -1.99. The van der Waals surface area contributed by atoms with E-state index in [1.807, 2.05) is 0 Å². The van der Waals surface area contributed by atoms with Gasteiger partial charge in [-0.05, 0) is 30.5 Å². The molecule has 1 heterocycles. The Morgan fingerprint density at radius 3 is 2.86 bits per heavy atom. The number of aromatic amines is 1. The number of H-pyrrole nitrogens is 1. The first-order valence-corrected chi connectivity index (χ1v) is 4.77. The summed E-state index contributed by atoms with van der Waals surface area (Å²) in [5, 5.41) is 0. The lowest BCUT2D eigenvalue weighted by Crippen LogP contribution is -1.83. The molecule has 0 saturated heterocycles. The van der Waals surface area contributed by atoms with Crippen LogP contribution in [-0.4, -0.2) is 17.1 Å². The van der Waals surface area contributed by atoms with Crippen LogP contribution in [0.25, 0.3) is 11.0 Å². The second kappa shape index (κ2) is 3.33. The van der Waals surface area contributed by atoms with E-state index in [9.17, 15) is 0 Å². The first-order chi connectivity index (χ1) is 6.74. The summed E-state index contributed by atoms with van der Waals surface area (Å²) in [7, 11) is 1.62. The smallest absolute Gasteiger partial charge is 0.294 e. The van der Waals surface area contributed by atoms with Crippen LogP contribution < -0.4 is 4.74 Å². The zero-order valence-corrected chi connectivity index (χ0v) is 8.72. The minimum absolute atomic E-state index is 0.580. The molecule has 0 radical (unpaired) electrons. The molecular weight excluding hydrogens is 176 g/mol. The van der Waals surface area contributed by atoms with E-state index in [4.69, 9.17) is 4.74 Å². The van der Waals surface area contributed by atoms with Crippen LogP contribution in [0.4, 0.5) is 0 Å². The van der Waals surface area contributed by atoms with Crippen molar-refractivity contribution in [3.63, 3.8) is 0 Å². The molecule has 0 aliphatic carbocycles. The molecule has 0 spiro atoms. The summed E-state index contributed by atoms with van der Waals surface area (Å²) in [6.07, 6.45) is 1.04. The molecule has 2 rings (SSSR count). The predicted molar refractivity (Wildman–Crippen MR) is 56.8 cm³/mol. The number of nitrogens with zero attached hydrogens (tertiary/aromatic N) is 1. The zero-order valence-electron chi connectivity index (χ0n) is 8.72. The van der Waals surface area contributed by atoms with Gasteiger partial charge in [-0.3, -0.25) is 0 Å². The Hall–Kier alpha value is -1.51. The summed E-state index contributed by atoms with van der Waals surface area (Å²) < 4.78 is 5.06. The van der Waals surface area contributed by atoms with Crippen LogP contribution in [0, 0.1) is 6.92 Å². The second-order valence-corrected chi connectivity index (χ2v) is 3.41. The highest BCUT2D eigenvalue weighted by atomic mass is 16.5. The number of fused-ring (bicyclic) bond motifs is 1. The Labute approximate surface area is 83.1 Å². The van der Waals surface area contributed by atoms with Gasteiger partial charge in [0, 0.05) is 0 Å². The molecule has 3 heteroatoms. The van der Waals surface area contributed by atoms with Crippen molar-refractivity contribution in [2.45, 2.75) is 20.3 Å². The molecule has 1 N–H and O–H groups in total. The van der Waals surface area contributed by atoms with Crippen LogP contribution in [0.5, 0.6) is 6.01 Å². The maximum atomic E-state index is 5.06. The molecule has 0 aliphatic rings. The Morgan fingerprint density at radius 1 is 1.43 bits per heavy atom. The largest absolute Gasteiger partial charge is 0.468 e. The number of benzene rings is 1. The molecule has 0 bridgehead atoms. The van der Waals surface area contributed by atoms with Gasteiger partial charge < -0.3 is 9.72 Å². The molecule has 14 heavy (non-hydrogen) atoms. The van der Waals surface area contributed by atoms with Crippen molar-refractivity contribution in [2.75, 3.05) is 7.11 Å². The third-order valence-corrected chi connectivity index (χ3v) is 2.42. The fourth-order valence-electron chi connectivity index (χ4n) is 1.64. The first kappa shape index (κ1) is 9.06. The highest BCUT2D eigenvalue weighted by Crippen LogP contribution is 2.21. The number of hydrogen-bond acceptors (Lipinski definition) is 2. The maximum absolute atomic E-state index is 5.06. The molecule has 1 aromatic heterocycles. The summed E-state index contributed by atoms with van der Waals surface area (Å²) in [5.41, 5.74) is 4.57. The summed E-state index contributed by atoms with van der Waals surface area (Å²) in [6.45, 7) is 4.22. The van der Waals surface area contributed by atoms with Gasteiger partial charge in [0.25, 0.3) is 6.01 Å². The molecule has 0 fully saturated rings. The van der Waals surface area contributed by atoms with Gasteiger partial charge in [0.15, 0.2) is 0 Å². The third-order valence-electron chi connectivity index (χ3n) is 2.42. The highest BCUT2D eigenvalue weighted by Gasteiger charge is 2.06. The zero-order chi connectivity index (χ0) is 10.1. The average Bonchev–Trinajstić information content (AvgIpc) is 2.61. The molecule has 1 aromatic carbocycles. The van der Waals surface area contributed by atoms with Crippen molar-refractivity contribution in [1.82, 2.24) is 9.97 Å². The van der Waals surface area contributed by atoms with Crippen LogP contribution in [0.1, 0.15) is 18.1 Å². The quantitative estimate of drug-likeness (QED) is 0.789. The molecular formula is C11H14N2O. The number of hydrogen-bond donors (Lipinski definition) is 1. The minimum Gasteiger partial charge on any atom is -0.468 e. The number of methoxy groups -OCH3 is 1. The maximum Gasteiger partial charge on any atom is 0.294 e. The Morgan fingerprint density at radius 2 is 2.21 bits per heavy atom. The molecule has 0 amide bonds. The Bertz CT molecular complexity index is 460. The standard InChI is InChI=1S/C11H14N2O/c1-4-8-5-7(2)10-9(6-8)12-11(13-10)14-3/h5-6H,4H2,1-3H3,(H,12,13). The van der Waals surface area contributed by atoms with Gasteiger partial charge in [-0.2, -0.15) is 4.98 Å². The van der Waals surface area contributed by atoms with Crippen molar-refractivity contribution in [1.29, 1.82) is 0 Å². The first-order valence-electron chi connectivity index (χ1n) is 4.77. The van der Waals surface area contributed by atoms with Crippen molar-refractivity contribution in [3.8, 4) is 6.01 Å². The van der Waals surface area contributed by atoms with E-state index in [1.54, 1.807) is 7.11 Å². The Balaban J connectivity index is 2.67. The van der Waals surface area contributed by atoms with Crippen molar-refractivity contribution in [2.24, 2.45) is 0 Å². The molecule has 0 saturated carbocycles. The van der Waals surface area contributed by atoms with Crippen LogP contribution in [0.3, 0.4) is 0 Å². The number of aromatic nitrogens is 2. The van der Waals surface area contributed by atoms with Gasteiger partial charge in [0.2, 0.25) is 0 Å². The molecule has 0 aliphatic heterocycles. The predicted octanol–water partition coefficient (Wildman–Crippen LogP) is 2.44. The van der Waals surface area contributed by atoms with Crippen LogP contribution in [0.15, 0.2) is 12.1 Å². The molecule has 0 atom stereocenters. The van der Waals surface area contributed by atoms with Gasteiger partial charge >= 0.3 is 0 Å². The topological polar surface area (TPSA) is 37.9 Å². The number of aryl methyl sites for hydroxylation is 2. The van der Waals surface area contributed by atoms with E-state index in [2.05, 4.69) is 35.9 Å². The van der Waals surface area contributed by atoms with Gasteiger partial charge in [0.05, 0.1) is 18.1 Å². The normalized spacial score (nSPS) is 10.8. The second-order valence-electron chi connectivity index (χ2n) is 3.41. The summed E-state index contributed by atoms with van der Waals surface area (Å²) >= 11 is 0. The lowest BCUT2D eigenvalue weighted by atomic mass is 10.1. The third kappa shape index (κ3) is 1.35. The van der Waals surface area contributed by atoms with Crippen LogP contribution in [0.2, 0.25) is 0 Å². The lowest BCUT2D eigenvalue weighted by molar-refractivity contribution is 0.386. The highest BCUT2D eigenvalue weighted by molar-refractivity contribution is 5.80. The van der Waals surface area contributed by atoms with Crippen molar-refractivity contribution in [3.05, 3.63) is 23.3 Å². The number of imidazole rings is 1. The summed E-state index contributed by atoms with van der Waals surface area (Å²) in [4.78, 5) is 7.46. The van der Waals surface area contributed by atoms with E-state index in [0.29, 0.717) is 6.01 Å². The van der Waals surface area contributed by atoms with Gasteiger partial charge in [-0.15, -0.1) is 0 Å². The fraction of sp³-hybridized carbons (Fsp3) is 0.364. The van der Waals surface area contributed by atoms with Gasteiger partial charge in [-0.1, -0.05) is 13.0 Å². The Kier molecular flexibility index (Phi) is 2.15. The molecule has 3 nitrogen and oxygen atoms in total. The average molecular weight is 190 g/mol. The van der Waals surface area contributed by atoms with E-state index in [1.165, 1.54) is 11.1 Å². The van der Waals surface area contributed by atoms with Crippen LogP contribution in [-0.2, 0) is 6.42 Å². The molecule has 74 valence electrons. The summed E-state index contributed by atoms with van der Waals surface area (Å²) in [5.74, 6) is 0. The summed E-state index contributed by atoms with van der Waals surface area (Å²) in [6, 6.07) is 4.87. The van der Waals surface area contributed by atoms with E-state index in [-0.39, 0.29) is 0 Å². The van der Waals surface area contributed by atoms with Gasteiger partial charge in [0.1, 0.15) is 0 Å². The van der Waals surface area contributed by atoms with Crippen LogP contribution >= 0.6 is 0 Å². The monoisotopic (exact) mass is 190 g/mol. The van der Waals surface area contributed by atoms with E-state index in [0.717, 1.165) is 17.5 Å². The number of ether oxygens (including phenoxy) is 1. The van der Waals surface area contributed by atoms with E-state index >= 15 is 0 Å². The number of rotatable bonds is 2. The van der Waals surface area contributed by atoms with Crippen molar-refractivity contribution >= 4 is 11.0 Å². The minimum atomic E-state index is 0.580. The fourth-order valence-corrected chi connectivity index (χ4v) is 1.64. The van der Waals surface area contributed by atoms with Gasteiger partial charge in [-0.25, -0.2) is 0 Å². The van der Waals surface area contributed by atoms with E-state index < -0.39 is 0 Å². The molecule has 2 aromatic rings. The SMILES string of the molecule is CCc1cc(C)c2nc(OC)[nH]c2c1.